The van der Waals surface area contributed by atoms with E-state index in [2.05, 4.69) is 31.9 Å². The van der Waals surface area contributed by atoms with E-state index in [4.69, 9.17) is 11.6 Å². The first-order chi connectivity index (χ1) is 8.90. The first kappa shape index (κ1) is 15.0. The van der Waals surface area contributed by atoms with Gasteiger partial charge in [-0.3, -0.25) is 0 Å². The van der Waals surface area contributed by atoms with Gasteiger partial charge in [-0.15, -0.1) is 0 Å². The molecular formula is C15H12Br2ClF. The Morgan fingerprint density at radius 3 is 2.16 bits per heavy atom. The SMILES string of the molecule is Cc1cc(C(Br)c2ccc(Br)c(Cl)c2)cc(C)c1F. The van der Waals surface area contributed by atoms with Crippen molar-refractivity contribution < 1.29 is 4.39 Å². The molecule has 1 unspecified atom stereocenters. The summed E-state index contributed by atoms with van der Waals surface area (Å²) in [5.41, 5.74) is 3.37. The smallest absolute Gasteiger partial charge is 0.129 e. The van der Waals surface area contributed by atoms with Crippen LogP contribution in [0.2, 0.25) is 5.02 Å². The molecule has 0 saturated heterocycles. The normalized spacial score (nSPS) is 12.5. The second-order valence-electron chi connectivity index (χ2n) is 4.50. The Balaban J connectivity index is 2.43. The van der Waals surface area contributed by atoms with E-state index in [-0.39, 0.29) is 10.6 Å². The van der Waals surface area contributed by atoms with Gasteiger partial charge in [0.1, 0.15) is 5.82 Å². The van der Waals surface area contributed by atoms with E-state index in [1.54, 1.807) is 13.8 Å². The van der Waals surface area contributed by atoms with Crippen molar-refractivity contribution in [3.8, 4) is 0 Å². The topological polar surface area (TPSA) is 0 Å². The second kappa shape index (κ2) is 5.94. The molecule has 0 aliphatic rings. The van der Waals surface area contributed by atoms with Crippen LogP contribution < -0.4 is 0 Å². The van der Waals surface area contributed by atoms with E-state index in [0.717, 1.165) is 15.6 Å². The van der Waals surface area contributed by atoms with Gasteiger partial charge in [-0.05, 0) is 64.2 Å². The molecule has 2 rings (SSSR count). The van der Waals surface area contributed by atoms with E-state index >= 15 is 0 Å². The molecule has 0 heterocycles. The van der Waals surface area contributed by atoms with Crippen molar-refractivity contribution in [1.29, 1.82) is 0 Å². The van der Waals surface area contributed by atoms with Gasteiger partial charge in [-0.2, -0.15) is 0 Å². The molecule has 0 amide bonds. The lowest BCUT2D eigenvalue weighted by Crippen LogP contribution is -1.97. The predicted octanol–water partition coefficient (Wildman–Crippen LogP) is 6.34. The van der Waals surface area contributed by atoms with Crippen molar-refractivity contribution in [2.45, 2.75) is 18.7 Å². The Morgan fingerprint density at radius 1 is 1.05 bits per heavy atom. The number of alkyl halides is 1. The zero-order valence-corrected chi connectivity index (χ0v) is 14.4. The summed E-state index contributed by atoms with van der Waals surface area (Å²) in [6.45, 7) is 3.56. The fourth-order valence-corrected chi connectivity index (χ4v) is 2.97. The summed E-state index contributed by atoms with van der Waals surface area (Å²) in [7, 11) is 0. The van der Waals surface area contributed by atoms with Crippen LogP contribution in [0.5, 0.6) is 0 Å². The molecule has 0 N–H and O–H groups in total. The third kappa shape index (κ3) is 3.21. The fraction of sp³-hybridized carbons (Fsp3) is 0.200. The molecule has 0 radical (unpaired) electrons. The number of hydrogen-bond acceptors (Lipinski definition) is 0. The lowest BCUT2D eigenvalue weighted by atomic mass is 10.00. The number of benzene rings is 2. The van der Waals surface area contributed by atoms with Crippen LogP contribution in [0.25, 0.3) is 0 Å². The van der Waals surface area contributed by atoms with Crippen molar-refractivity contribution in [3.05, 3.63) is 67.9 Å². The molecule has 0 saturated carbocycles. The van der Waals surface area contributed by atoms with E-state index in [1.165, 1.54) is 0 Å². The van der Waals surface area contributed by atoms with Gasteiger partial charge in [0, 0.05) is 4.47 Å². The average molecular weight is 407 g/mol. The summed E-state index contributed by atoms with van der Waals surface area (Å²) in [6, 6.07) is 9.52. The highest BCUT2D eigenvalue weighted by Crippen LogP contribution is 2.35. The molecule has 0 fully saturated rings. The molecule has 19 heavy (non-hydrogen) atoms. The molecule has 1 atom stereocenters. The van der Waals surface area contributed by atoms with Crippen molar-refractivity contribution in [2.24, 2.45) is 0 Å². The molecule has 2 aromatic rings. The van der Waals surface area contributed by atoms with Crippen LogP contribution in [0.4, 0.5) is 4.39 Å². The van der Waals surface area contributed by atoms with Gasteiger partial charge in [0.05, 0.1) is 9.85 Å². The standard InChI is InChI=1S/C15H12Br2ClF/c1-8-5-11(6-9(2)15(8)19)14(17)10-3-4-12(16)13(18)7-10/h3-7,14H,1-2H3. The Bertz CT molecular complexity index is 603. The molecule has 100 valence electrons. The minimum absolute atomic E-state index is 0.00361. The summed E-state index contributed by atoms with van der Waals surface area (Å²) in [5.74, 6) is -0.141. The summed E-state index contributed by atoms with van der Waals surface area (Å²) in [6.07, 6.45) is 0. The molecule has 2 aromatic carbocycles. The van der Waals surface area contributed by atoms with Gasteiger partial charge < -0.3 is 0 Å². The highest BCUT2D eigenvalue weighted by atomic mass is 79.9. The molecule has 0 bridgehead atoms. The monoisotopic (exact) mass is 404 g/mol. The third-order valence-electron chi connectivity index (χ3n) is 2.99. The highest BCUT2D eigenvalue weighted by molar-refractivity contribution is 9.10. The quantitative estimate of drug-likeness (QED) is 0.510. The van der Waals surface area contributed by atoms with Gasteiger partial charge in [0.25, 0.3) is 0 Å². The zero-order valence-electron chi connectivity index (χ0n) is 10.5. The largest absolute Gasteiger partial charge is 0.206 e. The maximum absolute atomic E-state index is 13.7. The minimum atomic E-state index is -0.141. The third-order valence-corrected chi connectivity index (χ3v) is 5.28. The Labute approximate surface area is 134 Å². The Morgan fingerprint density at radius 2 is 1.63 bits per heavy atom. The Hall–Kier alpha value is -0.380. The van der Waals surface area contributed by atoms with E-state index < -0.39 is 0 Å². The van der Waals surface area contributed by atoms with Crippen molar-refractivity contribution in [3.63, 3.8) is 0 Å². The second-order valence-corrected chi connectivity index (χ2v) is 6.68. The zero-order chi connectivity index (χ0) is 14.2. The van der Waals surface area contributed by atoms with Gasteiger partial charge in [0.15, 0.2) is 0 Å². The molecular weight excluding hydrogens is 394 g/mol. The molecule has 0 aromatic heterocycles. The van der Waals surface area contributed by atoms with Gasteiger partial charge in [-0.1, -0.05) is 45.7 Å². The van der Waals surface area contributed by atoms with E-state index in [1.807, 2.05) is 30.3 Å². The molecule has 0 nitrogen and oxygen atoms in total. The number of hydrogen-bond donors (Lipinski definition) is 0. The van der Waals surface area contributed by atoms with Crippen molar-refractivity contribution in [2.75, 3.05) is 0 Å². The van der Waals surface area contributed by atoms with Crippen molar-refractivity contribution >= 4 is 43.5 Å². The summed E-state index contributed by atoms with van der Waals surface area (Å²) >= 11 is 13.1. The average Bonchev–Trinajstić information content (AvgIpc) is 2.37. The van der Waals surface area contributed by atoms with Crippen LogP contribution in [0, 0.1) is 19.7 Å². The minimum Gasteiger partial charge on any atom is -0.206 e. The molecule has 0 spiro atoms. The first-order valence-corrected chi connectivity index (χ1v) is 7.84. The molecule has 0 aliphatic carbocycles. The van der Waals surface area contributed by atoms with Crippen LogP contribution in [0.1, 0.15) is 27.1 Å². The van der Waals surface area contributed by atoms with E-state index in [0.29, 0.717) is 16.1 Å². The highest BCUT2D eigenvalue weighted by Gasteiger charge is 2.14. The summed E-state index contributed by atoms with van der Waals surface area (Å²) < 4.78 is 14.5. The number of rotatable bonds is 2. The lowest BCUT2D eigenvalue weighted by Gasteiger charge is -2.14. The fourth-order valence-electron chi connectivity index (χ4n) is 1.99. The number of halogens is 4. The van der Waals surface area contributed by atoms with Gasteiger partial charge in [0.2, 0.25) is 0 Å². The van der Waals surface area contributed by atoms with Crippen molar-refractivity contribution in [1.82, 2.24) is 0 Å². The summed E-state index contributed by atoms with van der Waals surface area (Å²) in [5, 5.41) is 0.664. The van der Waals surface area contributed by atoms with Crippen LogP contribution >= 0.6 is 43.5 Å². The van der Waals surface area contributed by atoms with E-state index in [9.17, 15) is 4.39 Å². The molecule has 0 aliphatic heterocycles. The van der Waals surface area contributed by atoms with Crippen LogP contribution in [-0.4, -0.2) is 0 Å². The first-order valence-electron chi connectivity index (χ1n) is 5.76. The van der Waals surface area contributed by atoms with Gasteiger partial charge >= 0.3 is 0 Å². The van der Waals surface area contributed by atoms with Gasteiger partial charge in [-0.25, -0.2) is 4.39 Å². The maximum Gasteiger partial charge on any atom is 0.129 e. The maximum atomic E-state index is 13.7. The van der Waals surface area contributed by atoms with Crippen LogP contribution in [0.3, 0.4) is 0 Å². The van der Waals surface area contributed by atoms with Crippen LogP contribution in [-0.2, 0) is 0 Å². The summed E-state index contributed by atoms with van der Waals surface area (Å²) in [4.78, 5) is -0.00361. The number of aryl methyl sites for hydroxylation is 2. The Kier molecular flexibility index (Phi) is 4.70. The predicted molar refractivity (Wildman–Crippen MR) is 85.8 cm³/mol. The van der Waals surface area contributed by atoms with Crippen LogP contribution in [0.15, 0.2) is 34.8 Å². The molecule has 4 heteroatoms. The lowest BCUT2D eigenvalue weighted by molar-refractivity contribution is 0.608.